The van der Waals surface area contributed by atoms with Crippen molar-refractivity contribution in [2.45, 2.75) is 32.7 Å². The van der Waals surface area contributed by atoms with E-state index in [-0.39, 0.29) is 29.8 Å². The molecule has 1 unspecified atom stereocenters. The van der Waals surface area contributed by atoms with Crippen molar-refractivity contribution in [2.75, 3.05) is 0 Å². The Kier molecular flexibility index (Phi) is 5.17. The Morgan fingerprint density at radius 2 is 1.89 bits per heavy atom. The van der Waals surface area contributed by atoms with E-state index in [4.69, 9.17) is 0 Å². The minimum Gasteiger partial charge on any atom is -0.353 e. The number of carbonyl (C=O) groups is 2. The van der Waals surface area contributed by atoms with E-state index in [0.29, 0.717) is 12.0 Å². The van der Waals surface area contributed by atoms with Crippen LogP contribution in [-0.2, 0) is 4.79 Å². The van der Waals surface area contributed by atoms with Gasteiger partial charge < -0.3 is 5.32 Å². The third kappa shape index (κ3) is 4.50. The number of hydrogen-bond donors (Lipinski definition) is 1. The Labute approximate surface area is 111 Å². The summed E-state index contributed by atoms with van der Waals surface area (Å²) < 4.78 is 0. The number of amides is 1. The smallest absolute Gasteiger partial charge is 0.269 e. The first-order chi connectivity index (χ1) is 8.93. The summed E-state index contributed by atoms with van der Waals surface area (Å²) in [6, 6.07) is 5.25. The van der Waals surface area contributed by atoms with E-state index < -0.39 is 4.92 Å². The molecule has 0 saturated heterocycles. The van der Waals surface area contributed by atoms with Crippen LogP contribution >= 0.6 is 0 Å². The summed E-state index contributed by atoms with van der Waals surface area (Å²) in [6.07, 6.45) is 0.839. The molecule has 0 heterocycles. The number of ketones is 1. The lowest BCUT2D eigenvalue weighted by molar-refractivity contribution is -0.384. The fraction of sp³-hybridized carbons (Fsp3) is 0.385. The number of nitrogens with zero attached hydrogens (tertiary/aromatic N) is 1. The average molecular weight is 264 g/mol. The molecule has 1 atom stereocenters. The first kappa shape index (κ1) is 14.8. The molecule has 0 aliphatic heterocycles. The largest absolute Gasteiger partial charge is 0.353 e. The fourth-order valence-corrected chi connectivity index (χ4v) is 1.70. The van der Waals surface area contributed by atoms with Gasteiger partial charge in [-0.05, 0) is 18.6 Å². The number of rotatable bonds is 6. The van der Waals surface area contributed by atoms with Crippen LogP contribution in [0.4, 0.5) is 5.69 Å². The lowest BCUT2D eigenvalue weighted by atomic mass is 10.0. The molecule has 102 valence electrons. The third-order valence-corrected chi connectivity index (χ3v) is 2.73. The maximum absolute atomic E-state index is 12.0. The van der Waals surface area contributed by atoms with Crippen molar-refractivity contribution in [1.82, 2.24) is 5.32 Å². The van der Waals surface area contributed by atoms with E-state index >= 15 is 0 Å². The highest BCUT2D eigenvalue weighted by atomic mass is 16.6. The molecular formula is C13H16N2O4. The molecule has 0 radical (unpaired) electrons. The molecule has 0 fully saturated rings. The van der Waals surface area contributed by atoms with Crippen LogP contribution in [0.25, 0.3) is 0 Å². The lowest BCUT2D eigenvalue weighted by Gasteiger charge is -2.14. The van der Waals surface area contributed by atoms with Crippen molar-refractivity contribution in [3.8, 4) is 0 Å². The van der Waals surface area contributed by atoms with Crippen LogP contribution in [0, 0.1) is 10.1 Å². The van der Waals surface area contributed by atoms with E-state index in [1.54, 1.807) is 0 Å². The highest BCUT2D eigenvalue weighted by molar-refractivity contribution is 5.96. The van der Waals surface area contributed by atoms with Gasteiger partial charge in [-0.15, -0.1) is 0 Å². The summed E-state index contributed by atoms with van der Waals surface area (Å²) in [7, 11) is 0. The van der Waals surface area contributed by atoms with Crippen LogP contribution < -0.4 is 5.32 Å². The minimum absolute atomic E-state index is 0.0505. The standard InChI is InChI=1S/C13H16N2O4/c1-3-11(14-9(2)16)8-13(17)10-4-6-12(7-5-10)15(18)19/h4-7,11H,3,8H2,1-2H3,(H,14,16). The molecular weight excluding hydrogens is 248 g/mol. The monoisotopic (exact) mass is 264 g/mol. The molecule has 6 nitrogen and oxygen atoms in total. The van der Waals surface area contributed by atoms with Crippen molar-refractivity contribution >= 4 is 17.4 Å². The van der Waals surface area contributed by atoms with Gasteiger partial charge in [0, 0.05) is 37.1 Å². The Morgan fingerprint density at radius 3 is 2.32 bits per heavy atom. The molecule has 0 aromatic heterocycles. The minimum atomic E-state index is -0.513. The SMILES string of the molecule is CCC(CC(=O)c1ccc([N+](=O)[O-])cc1)NC(C)=O. The van der Waals surface area contributed by atoms with Gasteiger partial charge in [0.25, 0.3) is 5.69 Å². The van der Waals surface area contributed by atoms with Gasteiger partial charge in [-0.3, -0.25) is 19.7 Å². The van der Waals surface area contributed by atoms with Crippen molar-refractivity contribution in [1.29, 1.82) is 0 Å². The van der Waals surface area contributed by atoms with Crippen LogP contribution in [0.2, 0.25) is 0 Å². The molecule has 0 spiro atoms. The molecule has 19 heavy (non-hydrogen) atoms. The quantitative estimate of drug-likeness (QED) is 0.484. The van der Waals surface area contributed by atoms with Gasteiger partial charge in [0.2, 0.25) is 5.91 Å². The molecule has 1 amide bonds. The van der Waals surface area contributed by atoms with Crippen LogP contribution in [0.1, 0.15) is 37.0 Å². The second-order valence-corrected chi connectivity index (χ2v) is 4.24. The zero-order valence-corrected chi connectivity index (χ0v) is 10.9. The molecule has 1 aromatic carbocycles. The molecule has 1 aromatic rings. The number of nitro benzene ring substituents is 1. The number of nitrogens with one attached hydrogen (secondary N) is 1. The summed E-state index contributed by atoms with van der Waals surface area (Å²) in [5.41, 5.74) is 0.361. The van der Waals surface area contributed by atoms with Gasteiger partial charge in [0.1, 0.15) is 0 Å². The lowest BCUT2D eigenvalue weighted by Crippen LogP contribution is -2.34. The van der Waals surface area contributed by atoms with Gasteiger partial charge in [-0.1, -0.05) is 6.92 Å². The average Bonchev–Trinajstić information content (AvgIpc) is 2.37. The van der Waals surface area contributed by atoms with Gasteiger partial charge in [0.05, 0.1) is 4.92 Å². The number of hydrogen-bond acceptors (Lipinski definition) is 4. The van der Waals surface area contributed by atoms with Gasteiger partial charge in [-0.25, -0.2) is 0 Å². The summed E-state index contributed by atoms with van der Waals surface area (Å²) in [5, 5.41) is 13.2. The predicted molar refractivity (Wildman–Crippen MR) is 69.9 cm³/mol. The number of benzene rings is 1. The topological polar surface area (TPSA) is 89.3 Å². The normalized spacial score (nSPS) is 11.7. The van der Waals surface area contributed by atoms with E-state index in [9.17, 15) is 19.7 Å². The highest BCUT2D eigenvalue weighted by Gasteiger charge is 2.15. The Hall–Kier alpha value is -2.24. The first-order valence-corrected chi connectivity index (χ1v) is 5.98. The fourth-order valence-electron chi connectivity index (χ4n) is 1.70. The van der Waals surface area contributed by atoms with Crippen molar-refractivity contribution in [3.63, 3.8) is 0 Å². The Morgan fingerprint density at radius 1 is 1.32 bits per heavy atom. The van der Waals surface area contributed by atoms with Gasteiger partial charge in [0.15, 0.2) is 5.78 Å². The van der Waals surface area contributed by atoms with Crippen LogP contribution in [0.15, 0.2) is 24.3 Å². The highest BCUT2D eigenvalue weighted by Crippen LogP contribution is 2.14. The Bertz CT molecular complexity index is 482. The summed E-state index contributed by atoms with van der Waals surface area (Å²) in [6.45, 7) is 3.28. The zero-order valence-electron chi connectivity index (χ0n) is 10.9. The summed E-state index contributed by atoms with van der Waals surface area (Å²) in [4.78, 5) is 32.9. The van der Waals surface area contributed by atoms with Crippen LogP contribution in [-0.4, -0.2) is 22.7 Å². The van der Waals surface area contributed by atoms with Gasteiger partial charge in [-0.2, -0.15) is 0 Å². The van der Waals surface area contributed by atoms with Crippen LogP contribution in [0.3, 0.4) is 0 Å². The van der Waals surface area contributed by atoms with E-state index in [1.807, 2.05) is 6.92 Å². The summed E-state index contributed by atoms with van der Waals surface area (Å²) >= 11 is 0. The number of Topliss-reactive ketones (excluding diaryl/α,β-unsaturated/α-hetero) is 1. The number of non-ortho nitro benzene ring substituents is 1. The van der Waals surface area contributed by atoms with Crippen LogP contribution in [0.5, 0.6) is 0 Å². The van der Waals surface area contributed by atoms with E-state index in [0.717, 1.165) is 0 Å². The molecule has 6 heteroatoms. The second-order valence-electron chi connectivity index (χ2n) is 4.24. The molecule has 0 bridgehead atoms. The summed E-state index contributed by atoms with van der Waals surface area (Å²) in [5.74, 6) is -0.321. The predicted octanol–water partition coefficient (Wildman–Crippen LogP) is 2.08. The van der Waals surface area contributed by atoms with Crippen molar-refractivity contribution in [2.24, 2.45) is 0 Å². The molecule has 1 N–H and O–H groups in total. The molecule has 1 rings (SSSR count). The number of carbonyl (C=O) groups excluding carboxylic acids is 2. The third-order valence-electron chi connectivity index (χ3n) is 2.73. The van der Waals surface area contributed by atoms with Crippen molar-refractivity contribution < 1.29 is 14.5 Å². The molecule has 0 aliphatic carbocycles. The maximum atomic E-state index is 12.0. The maximum Gasteiger partial charge on any atom is 0.269 e. The van der Waals surface area contributed by atoms with E-state index in [2.05, 4.69) is 5.32 Å². The number of nitro groups is 1. The molecule has 0 saturated carbocycles. The first-order valence-electron chi connectivity index (χ1n) is 5.98. The Balaban J connectivity index is 2.71. The second kappa shape index (κ2) is 6.63. The van der Waals surface area contributed by atoms with E-state index in [1.165, 1.54) is 31.2 Å². The zero-order chi connectivity index (χ0) is 14.4. The molecule has 0 aliphatic rings. The van der Waals surface area contributed by atoms with Crippen molar-refractivity contribution in [3.05, 3.63) is 39.9 Å². The van der Waals surface area contributed by atoms with Gasteiger partial charge >= 0.3 is 0 Å².